The topological polar surface area (TPSA) is 104 Å². The Morgan fingerprint density at radius 1 is 1.00 bits per heavy atom. The lowest BCUT2D eigenvalue weighted by Gasteiger charge is -2.32. The summed E-state index contributed by atoms with van der Waals surface area (Å²) in [4.78, 5) is 4.98. The lowest BCUT2D eigenvalue weighted by Crippen LogP contribution is -2.50. The molecule has 10 heteroatoms. The number of nitrogens with two attached hydrogens (primary N) is 1. The number of nitrogens with zero attached hydrogens (tertiary/aromatic N) is 3. The van der Waals surface area contributed by atoms with Crippen LogP contribution in [0.25, 0.3) is 5.57 Å². The molecule has 0 spiro atoms. The van der Waals surface area contributed by atoms with Crippen molar-refractivity contribution in [1.82, 2.24) is 25.7 Å². The Bertz CT molecular complexity index is 1350. The van der Waals surface area contributed by atoms with Gasteiger partial charge in [-0.05, 0) is 80.4 Å². The molecule has 4 heterocycles. The van der Waals surface area contributed by atoms with Gasteiger partial charge in [0.15, 0.2) is 0 Å². The van der Waals surface area contributed by atoms with Crippen molar-refractivity contribution < 1.29 is 0 Å². The second kappa shape index (κ2) is 10.1. The van der Waals surface area contributed by atoms with Crippen LogP contribution < -0.4 is 27.0 Å². The molecule has 8 nitrogen and oxygen atoms in total. The number of aliphatic imine (C=N–C) groups is 1. The number of halogens is 2. The zero-order valence-electron chi connectivity index (χ0n) is 20.4. The van der Waals surface area contributed by atoms with Gasteiger partial charge in [0.2, 0.25) is 5.79 Å². The molecule has 192 valence electrons. The molecule has 6 rings (SSSR count). The first-order valence-corrected chi connectivity index (χ1v) is 13.4. The summed E-state index contributed by atoms with van der Waals surface area (Å²) in [5, 5.41) is 19.4. The van der Waals surface area contributed by atoms with Crippen LogP contribution in [-0.4, -0.2) is 35.3 Å². The van der Waals surface area contributed by atoms with Gasteiger partial charge in [0.1, 0.15) is 5.84 Å². The third-order valence-electron chi connectivity index (χ3n) is 7.23. The minimum atomic E-state index is -1.25. The number of fused-ring (bicyclic) bond motifs is 1. The number of aromatic nitrogens is 2. The Morgan fingerprint density at radius 2 is 1.81 bits per heavy atom. The van der Waals surface area contributed by atoms with Crippen LogP contribution in [0, 0.1) is 0 Å². The number of nitrogens with one attached hydrogen (secondary N) is 4. The van der Waals surface area contributed by atoms with E-state index in [1.54, 1.807) is 18.2 Å². The highest BCUT2D eigenvalue weighted by molar-refractivity contribution is 6.34. The molecule has 2 aromatic carbocycles. The molecule has 6 N–H and O–H groups in total. The van der Waals surface area contributed by atoms with Crippen molar-refractivity contribution in [2.24, 2.45) is 10.7 Å². The molecule has 0 aliphatic carbocycles. The van der Waals surface area contributed by atoms with E-state index in [1.165, 1.54) is 11.1 Å². The van der Waals surface area contributed by atoms with Crippen LogP contribution in [-0.2, 0) is 18.8 Å². The number of rotatable bonds is 4. The summed E-state index contributed by atoms with van der Waals surface area (Å²) in [5.74, 6) is -0.604. The fourth-order valence-electron chi connectivity index (χ4n) is 5.20. The van der Waals surface area contributed by atoms with Gasteiger partial charge in [-0.25, -0.2) is 4.99 Å². The molecule has 0 saturated carbocycles. The molecule has 37 heavy (non-hydrogen) atoms. The van der Waals surface area contributed by atoms with Gasteiger partial charge in [0, 0.05) is 51.4 Å². The summed E-state index contributed by atoms with van der Waals surface area (Å²) >= 11 is 12.6. The Labute approximate surface area is 226 Å². The summed E-state index contributed by atoms with van der Waals surface area (Å²) in [7, 11) is 0. The fraction of sp³-hybridized carbons (Fsp3) is 0.333. The van der Waals surface area contributed by atoms with Crippen LogP contribution in [0.4, 0.5) is 5.69 Å². The highest BCUT2D eigenvalue weighted by Gasteiger charge is 2.32. The van der Waals surface area contributed by atoms with Crippen molar-refractivity contribution in [3.63, 3.8) is 0 Å². The number of piperidine rings is 1. The van der Waals surface area contributed by atoms with E-state index < -0.39 is 5.79 Å². The van der Waals surface area contributed by atoms with Crippen LogP contribution >= 0.6 is 23.2 Å². The highest BCUT2D eigenvalue weighted by atomic mass is 35.5. The van der Waals surface area contributed by atoms with Crippen LogP contribution in [0.5, 0.6) is 0 Å². The van der Waals surface area contributed by atoms with Crippen LogP contribution in [0.15, 0.2) is 60.0 Å². The first-order chi connectivity index (χ1) is 18.0. The first-order valence-electron chi connectivity index (χ1n) is 12.7. The molecule has 0 bridgehead atoms. The standard InChI is InChI=1S/C27H30Cl2N8/c28-21-10-20(11-22(29)12-21)27(30)33-15-25(19-14-34-37(16-19)24-4-7-31-8-5-24)26(36-27)35-23-2-1-17-3-6-32-13-18(17)9-23/h1-2,9-12,14-16,24,31-33H,3-8,13,30H2,(H,35,36). The number of hydrogen-bond donors (Lipinski definition) is 5. The summed E-state index contributed by atoms with van der Waals surface area (Å²) in [6, 6.07) is 12.1. The molecule has 3 aliphatic rings. The average Bonchev–Trinajstić information content (AvgIpc) is 3.39. The van der Waals surface area contributed by atoms with Crippen molar-refractivity contribution >= 4 is 40.3 Å². The van der Waals surface area contributed by atoms with E-state index in [1.807, 2.05) is 12.4 Å². The molecule has 1 unspecified atom stereocenters. The Kier molecular flexibility index (Phi) is 6.69. The van der Waals surface area contributed by atoms with Crippen LogP contribution in [0.2, 0.25) is 10.0 Å². The van der Waals surface area contributed by atoms with E-state index in [9.17, 15) is 0 Å². The summed E-state index contributed by atoms with van der Waals surface area (Å²) in [5.41, 5.74) is 12.9. The van der Waals surface area contributed by atoms with Gasteiger partial charge in [-0.3, -0.25) is 10.4 Å². The maximum atomic E-state index is 6.80. The van der Waals surface area contributed by atoms with E-state index in [0.29, 0.717) is 27.5 Å². The lowest BCUT2D eigenvalue weighted by atomic mass is 10.00. The van der Waals surface area contributed by atoms with Gasteiger partial charge in [0.25, 0.3) is 0 Å². The molecular weight excluding hydrogens is 507 g/mol. The van der Waals surface area contributed by atoms with Crippen molar-refractivity contribution in [3.05, 3.63) is 87.3 Å². The van der Waals surface area contributed by atoms with Gasteiger partial charge in [-0.15, -0.1) is 0 Å². The average molecular weight is 537 g/mol. The van der Waals surface area contributed by atoms with Crippen LogP contribution in [0.1, 0.15) is 41.1 Å². The molecule has 1 aromatic heterocycles. The normalized spacial score (nSPS) is 22.0. The second-order valence-electron chi connectivity index (χ2n) is 9.81. The SMILES string of the molecule is NC1(c2cc(Cl)cc(Cl)c2)N=C(Nc2ccc3c(c2)CNCC3)C(c2cnn(C3CCNCC3)c2)=CN1. The largest absolute Gasteiger partial charge is 0.351 e. The first kappa shape index (κ1) is 24.5. The summed E-state index contributed by atoms with van der Waals surface area (Å²) < 4.78 is 2.07. The van der Waals surface area contributed by atoms with Gasteiger partial charge in [-0.2, -0.15) is 5.10 Å². The lowest BCUT2D eigenvalue weighted by molar-refractivity contribution is 0.343. The van der Waals surface area contributed by atoms with Crippen LogP contribution in [0.3, 0.4) is 0 Å². The second-order valence-corrected chi connectivity index (χ2v) is 10.7. The Balaban J connectivity index is 1.36. The van der Waals surface area contributed by atoms with E-state index in [4.69, 9.17) is 39.0 Å². The molecular formula is C27H30Cl2N8. The van der Waals surface area contributed by atoms with E-state index in [2.05, 4.69) is 50.3 Å². The summed E-state index contributed by atoms with van der Waals surface area (Å²) in [6.45, 7) is 3.86. The van der Waals surface area contributed by atoms with Crippen molar-refractivity contribution in [3.8, 4) is 0 Å². The zero-order chi connectivity index (χ0) is 25.4. The number of anilines is 1. The van der Waals surface area contributed by atoms with Gasteiger partial charge >= 0.3 is 0 Å². The van der Waals surface area contributed by atoms with Crippen molar-refractivity contribution in [2.75, 3.05) is 25.0 Å². The minimum Gasteiger partial charge on any atom is -0.351 e. The number of benzene rings is 2. The van der Waals surface area contributed by atoms with Gasteiger partial charge in [0.05, 0.1) is 12.2 Å². The Hall–Kier alpha value is -2.88. The maximum Gasteiger partial charge on any atom is 0.211 e. The molecule has 1 fully saturated rings. The van der Waals surface area contributed by atoms with Gasteiger partial charge < -0.3 is 21.3 Å². The summed E-state index contributed by atoms with van der Waals surface area (Å²) in [6.07, 6.45) is 9.03. The van der Waals surface area contributed by atoms with E-state index >= 15 is 0 Å². The fourth-order valence-corrected chi connectivity index (χ4v) is 5.73. The predicted octanol–water partition coefficient (Wildman–Crippen LogP) is 3.98. The third kappa shape index (κ3) is 5.12. The quantitative estimate of drug-likeness (QED) is 0.345. The Morgan fingerprint density at radius 3 is 2.62 bits per heavy atom. The van der Waals surface area contributed by atoms with Crippen molar-refractivity contribution in [2.45, 2.75) is 37.6 Å². The third-order valence-corrected chi connectivity index (χ3v) is 7.67. The molecule has 1 saturated heterocycles. The monoisotopic (exact) mass is 536 g/mol. The van der Waals surface area contributed by atoms with Crippen molar-refractivity contribution in [1.29, 1.82) is 0 Å². The molecule has 3 aliphatic heterocycles. The number of amidine groups is 1. The van der Waals surface area contributed by atoms with Gasteiger partial charge in [-0.1, -0.05) is 29.3 Å². The highest BCUT2D eigenvalue weighted by Crippen LogP contribution is 2.31. The minimum absolute atomic E-state index is 0.385. The molecule has 0 amide bonds. The number of hydrogen-bond acceptors (Lipinski definition) is 7. The molecule has 0 radical (unpaired) electrons. The zero-order valence-corrected chi connectivity index (χ0v) is 21.9. The predicted molar refractivity (Wildman–Crippen MR) is 150 cm³/mol. The van der Waals surface area contributed by atoms with E-state index in [-0.39, 0.29) is 0 Å². The smallest absolute Gasteiger partial charge is 0.211 e. The maximum absolute atomic E-state index is 6.80. The molecule has 1 atom stereocenters. The molecule has 3 aromatic rings. The van der Waals surface area contributed by atoms with E-state index in [0.717, 1.165) is 62.3 Å².